The maximum Gasteiger partial charge on any atom is 0.184 e. The van der Waals surface area contributed by atoms with Crippen molar-refractivity contribution in [2.75, 3.05) is 13.2 Å². The molecule has 1 aliphatic rings. The van der Waals surface area contributed by atoms with Crippen molar-refractivity contribution < 1.29 is 9.47 Å². The molecule has 1 aliphatic heterocycles. The fourth-order valence-electron chi connectivity index (χ4n) is 2.53. The lowest BCUT2D eigenvalue weighted by molar-refractivity contribution is -0.0441. The minimum Gasteiger partial charge on any atom is -0.346 e. The summed E-state index contributed by atoms with van der Waals surface area (Å²) in [6.45, 7) is 6.66. The molecule has 1 aromatic carbocycles. The van der Waals surface area contributed by atoms with Gasteiger partial charge in [0.15, 0.2) is 6.29 Å². The Labute approximate surface area is 136 Å². The van der Waals surface area contributed by atoms with Gasteiger partial charge in [0.25, 0.3) is 0 Å². The second-order valence-electron chi connectivity index (χ2n) is 5.58. The third-order valence-corrected chi connectivity index (χ3v) is 5.36. The highest BCUT2D eigenvalue weighted by molar-refractivity contribution is 7.12. The summed E-state index contributed by atoms with van der Waals surface area (Å²) in [5, 5.41) is 3.59. The minimum atomic E-state index is -0.181. The molecule has 0 radical (unpaired) electrons. The van der Waals surface area contributed by atoms with E-state index in [1.165, 1.54) is 15.3 Å². The lowest BCUT2D eigenvalue weighted by Crippen LogP contribution is -2.17. The van der Waals surface area contributed by atoms with E-state index in [1.54, 1.807) is 0 Å². The first-order valence-corrected chi connectivity index (χ1v) is 8.72. The van der Waals surface area contributed by atoms with Crippen LogP contribution in [0.5, 0.6) is 0 Å². The van der Waals surface area contributed by atoms with Crippen LogP contribution in [0, 0.1) is 0 Å². The molecule has 1 aromatic heterocycles. The van der Waals surface area contributed by atoms with E-state index in [0.29, 0.717) is 19.3 Å². The highest BCUT2D eigenvalue weighted by atomic mass is 32.1. The Hall–Kier alpha value is -1.20. The van der Waals surface area contributed by atoms with E-state index in [1.807, 2.05) is 11.3 Å². The van der Waals surface area contributed by atoms with Gasteiger partial charge in [0.05, 0.1) is 13.2 Å². The van der Waals surface area contributed by atoms with Crippen LogP contribution < -0.4 is 5.32 Å². The fourth-order valence-corrected chi connectivity index (χ4v) is 3.51. The van der Waals surface area contributed by atoms with E-state index in [0.717, 1.165) is 18.5 Å². The summed E-state index contributed by atoms with van der Waals surface area (Å²) in [5.41, 5.74) is 2.38. The van der Waals surface area contributed by atoms with Crippen molar-refractivity contribution in [3.63, 3.8) is 0 Å². The van der Waals surface area contributed by atoms with Crippen molar-refractivity contribution in [1.82, 2.24) is 5.32 Å². The number of benzene rings is 1. The topological polar surface area (TPSA) is 30.5 Å². The van der Waals surface area contributed by atoms with E-state index in [9.17, 15) is 0 Å². The predicted molar refractivity (Wildman–Crippen MR) is 90.0 cm³/mol. The SMILES string of the molecule is CCc1ccc([C@H](C)NCc2ccc(C3OCCO3)cc2)s1. The summed E-state index contributed by atoms with van der Waals surface area (Å²) < 4.78 is 11.0. The minimum absolute atomic E-state index is 0.181. The van der Waals surface area contributed by atoms with Gasteiger partial charge in [-0.15, -0.1) is 11.3 Å². The first-order valence-electron chi connectivity index (χ1n) is 7.90. The van der Waals surface area contributed by atoms with Crippen LogP contribution in [0.15, 0.2) is 36.4 Å². The average molecular weight is 317 g/mol. The van der Waals surface area contributed by atoms with Gasteiger partial charge in [0, 0.05) is 27.9 Å². The van der Waals surface area contributed by atoms with Crippen LogP contribution in [0.1, 0.15) is 47.1 Å². The molecule has 0 bridgehead atoms. The molecule has 2 aromatic rings. The molecule has 0 aliphatic carbocycles. The lowest BCUT2D eigenvalue weighted by Gasteiger charge is -2.13. The van der Waals surface area contributed by atoms with Crippen molar-refractivity contribution in [1.29, 1.82) is 0 Å². The summed E-state index contributed by atoms with van der Waals surface area (Å²) in [5.74, 6) is 0. The summed E-state index contributed by atoms with van der Waals surface area (Å²) in [4.78, 5) is 2.85. The fraction of sp³-hybridized carbons (Fsp3) is 0.444. The zero-order valence-electron chi connectivity index (χ0n) is 13.2. The standard InChI is InChI=1S/C18H23NO2S/c1-3-16-8-9-17(22-16)13(2)19-12-14-4-6-15(7-5-14)18-20-10-11-21-18/h4-9,13,18-19H,3,10-12H2,1-2H3/t13-/m0/s1. The lowest BCUT2D eigenvalue weighted by atomic mass is 10.1. The Bertz CT molecular complexity index is 587. The van der Waals surface area contributed by atoms with Crippen LogP contribution in [0.2, 0.25) is 0 Å². The molecule has 0 unspecified atom stereocenters. The van der Waals surface area contributed by atoms with E-state index < -0.39 is 0 Å². The highest BCUT2D eigenvalue weighted by Gasteiger charge is 2.17. The maximum atomic E-state index is 5.51. The summed E-state index contributed by atoms with van der Waals surface area (Å²) in [7, 11) is 0. The van der Waals surface area contributed by atoms with Gasteiger partial charge in [0.2, 0.25) is 0 Å². The number of thiophene rings is 1. The molecule has 2 heterocycles. The van der Waals surface area contributed by atoms with E-state index in [2.05, 4.69) is 55.6 Å². The van der Waals surface area contributed by atoms with Crippen LogP contribution >= 0.6 is 11.3 Å². The normalized spacial score (nSPS) is 17.0. The van der Waals surface area contributed by atoms with Gasteiger partial charge in [-0.2, -0.15) is 0 Å². The van der Waals surface area contributed by atoms with Crippen molar-refractivity contribution in [3.8, 4) is 0 Å². The molecule has 1 N–H and O–H groups in total. The Kier molecular flexibility index (Phi) is 5.26. The Morgan fingerprint density at radius 1 is 1.14 bits per heavy atom. The zero-order valence-corrected chi connectivity index (χ0v) is 14.0. The molecular formula is C18H23NO2S. The van der Waals surface area contributed by atoms with E-state index in [4.69, 9.17) is 9.47 Å². The Morgan fingerprint density at radius 2 is 1.86 bits per heavy atom. The maximum absolute atomic E-state index is 5.51. The Morgan fingerprint density at radius 3 is 2.50 bits per heavy atom. The van der Waals surface area contributed by atoms with Gasteiger partial charge >= 0.3 is 0 Å². The quantitative estimate of drug-likeness (QED) is 0.866. The van der Waals surface area contributed by atoms with Gasteiger partial charge in [0.1, 0.15) is 0 Å². The molecule has 3 rings (SSSR count). The molecular weight excluding hydrogens is 294 g/mol. The molecule has 22 heavy (non-hydrogen) atoms. The van der Waals surface area contributed by atoms with E-state index >= 15 is 0 Å². The molecule has 0 spiro atoms. The van der Waals surface area contributed by atoms with Crippen molar-refractivity contribution in [2.24, 2.45) is 0 Å². The molecule has 3 nitrogen and oxygen atoms in total. The van der Waals surface area contributed by atoms with Crippen LogP contribution in [0.3, 0.4) is 0 Å². The van der Waals surface area contributed by atoms with Crippen LogP contribution in [-0.2, 0) is 22.4 Å². The zero-order chi connectivity index (χ0) is 15.4. The van der Waals surface area contributed by atoms with E-state index in [-0.39, 0.29) is 6.29 Å². The van der Waals surface area contributed by atoms with Crippen molar-refractivity contribution >= 4 is 11.3 Å². The molecule has 0 amide bonds. The number of ether oxygens (including phenoxy) is 2. The number of rotatable bonds is 6. The number of aryl methyl sites for hydroxylation is 1. The average Bonchev–Trinajstić information content (AvgIpc) is 3.24. The summed E-state index contributed by atoms with van der Waals surface area (Å²) >= 11 is 1.90. The van der Waals surface area contributed by atoms with Gasteiger partial charge in [-0.05, 0) is 31.0 Å². The number of hydrogen-bond acceptors (Lipinski definition) is 4. The van der Waals surface area contributed by atoms with Gasteiger partial charge < -0.3 is 14.8 Å². The molecule has 4 heteroatoms. The van der Waals surface area contributed by atoms with Gasteiger partial charge in [-0.3, -0.25) is 0 Å². The molecule has 118 valence electrons. The summed E-state index contributed by atoms with van der Waals surface area (Å²) in [6, 6.07) is 13.3. The third kappa shape index (κ3) is 3.76. The smallest absolute Gasteiger partial charge is 0.184 e. The second kappa shape index (κ2) is 7.38. The van der Waals surface area contributed by atoms with Gasteiger partial charge in [-0.1, -0.05) is 31.2 Å². The van der Waals surface area contributed by atoms with Crippen molar-refractivity contribution in [2.45, 2.75) is 39.1 Å². The van der Waals surface area contributed by atoms with Gasteiger partial charge in [-0.25, -0.2) is 0 Å². The molecule has 1 fully saturated rings. The molecule has 1 saturated heterocycles. The first kappa shape index (κ1) is 15.7. The van der Waals surface area contributed by atoms with Crippen LogP contribution in [0.25, 0.3) is 0 Å². The monoisotopic (exact) mass is 317 g/mol. The predicted octanol–water partition coefficient (Wildman–Crippen LogP) is 4.21. The Balaban J connectivity index is 1.54. The highest BCUT2D eigenvalue weighted by Crippen LogP contribution is 2.25. The molecule has 0 saturated carbocycles. The largest absolute Gasteiger partial charge is 0.346 e. The number of hydrogen-bond donors (Lipinski definition) is 1. The third-order valence-electron chi connectivity index (χ3n) is 3.94. The first-order chi connectivity index (χ1) is 10.8. The number of nitrogens with one attached hydrogen (secondary N) is 1. The van der Waals surface area contributed by atoms with Crippen molar-refractivity contribution in [3.05, 3.63) is 57.3 Å². The summed E-state index contributed by atoms with van der Waals surface area (Å²) in [6.07, 6.45) is 0.934. The van der Waals surface area contributed by atoms with Crippen LogP contribution in [-0.4, -0.2) is 13.2 Å². The second-order valence-corrected chi connectivity index (χ2v) is 6.78. The molecule has 1 atom stereocenters. The van der Waals surface area contributed by atoms with Crippen LogP contribution in [0.4, 0.5) is 0 Å².